The molecule has 0 spiro atoms. The minimum absolute atomic E-state index is 0.183. The Kier molecular flexibility index (Phi) is 5.10. The van der Waals surface area contributed by atoms with Crippen LogP contribution in [0.15, 0.2) is 12.1 Å². The number of aryl methyl sites for hydroxylation is 1. The van der Waals surface area contributed by atoms with Gasteiger partial charge in [-0.3, -0.25) is 4.79 Å². The van der Waals surface area contributed by atoms with Gasteiger partial charge in [0.1, 0.15) is 5.82 Å². The molecule has 0 unspecified atom stereocenters. The van der Waals surface area contributed by atoms with Crippen LogP contribution in [0.25, 0.3) is 0 Å². The number of carboxylic acid groups (broad SMARTS) is 1. The summed E-state index contributed by atoms with van der Waals surface area (Å²) in [5.74, 6) is -0.946. The standard InChI is InChI=1S/C12H17N3O3/c1-2-3-9-6-8(12(17)18)7-11(15-9)14-5-4-10(13)16/h6-7H,2-5H2,1H3,(H2,13,16)(H,14,15)(H,17,18). The molecule has 1 rings (SSSR count). The van der Waals surface area contributed by atoms with Crippen molar-refractivity contribution >= 4 is 17.7 Å². The highest BCUT2D eigenvalue weighted by Crippen LogP contribution is 2.12. The molecule has 1 heterocycles. The molecule has 98 valence electrons. The Morgan fingerprint density at radius 3 is 2.72 bits per heavy atom. The van der Waals surface area contributed by atoms with E-state index in [-0.39, 0.29) is 12.0 Å². The summed E-state index contributed by atoms with van der Waals surface area (Å²) in [5, 5.41) is 11.9. The van der Waals surface area contributed by atoms with E-state index in [9.17, 15) is 9.59 Å². The zero-order valence-corrected chi connectivity index (χ0v) is 10.3. The number of aromatic nitrogens is 1. The van der Waals surface area contributed by atoms with E-state index in [1.807, 2.05) is 6.92 Å². The molecule has 6 heteroatoms. The first-order chi connectivity index (χ1) is 8.52. The van der Waals surface area contributed by atoms with Crippen molar-refractivity contribution in [2.75, 3.05) is 11.9 Å². The number of nitrogens with one attached hydrogen (secondary N) is 1. The average Bonchev–Trinajstić information content (AvgIpc) is 2.28. The lowest BCUT2D eigenvalue weighted by Gasteiger charge is -2.08. The van der Waals surface area contributed by atoms with Gasteiger partial charge in [-0.25, -0.2) is 9.78 Å². The van der Waals surface area contributed by atoms with Crippen molar-refractivity contribution in [1.82, 2.24) is 4.98 Å². The molecule has 0 aromatic carbocycles. The molecule has 0 aliphatic heterocycles. The molecule has 0 aliphatic carbocycles. The van der Waals surface area contributed by atoms with Crippen LogP contribution in [-0.4, -0.2) is 28.5 Å². The van der Waals surface area contributed by atoms with Crippen molar-refractivity contribution in [2.24, 2.45) is 5.73 Å². The third-order valence-electron chi connectivity index (χ3n) is 2.31. The van der Waals surface area contributed by atoms with E-state index >= 15 is 0 Å². The molecule has 0 atom stereocenters. The molecule has 0 aliphatic rings. The van der Waals surface area contributed by atoms with Crippen molar-refractivity contribution < 1.29 is 14.7 Å². The van der Waals surface area contributed by atoms with Crippen molar-refractivity contribution in [2.45, 2.75) is 26.2 Å². The van der Waals surface area contributed by atoms with Crippen LogP contribution < -0.4 is 11.1 Å². The Hall–Kier alpha value is -2.11. The van der Waals surface area contributed by atoms with Gasteiger partial charge in [0, 0.05) is 18.7 Å². The molecule has 1 aromatic heterocycles. The highest BCUT2D eigenvalue weighted by molar-refractivity contribution is 5.88. The molecule has 4 N–H and O–H groups in total. The Labute approximate surface area is 105 Å². The number of pyridine rings is 1. The van der Waals surface area contributed by atoms with Crippen molar-refractivity contribution in [3.63, 3.8) is 0 Å². The third-order valence-corrected chi connectivity index (χ3v) is 2.31. The summed E-state index contributed by atoms with van der Waals surface area (Å²) in [6.45, 7) is 2.34. The number of nitrogens with zero attached hydrogens (tertiary/aromatic N) is 1. The second-order valence-electron chi connectivity index (χ2n) is 3.93. The molecule has 1 amide bonds. The van der Waals surface area contributed by atoms with E-state index in [2.05, 4.69) is 10.3 Å². The molecule has 0 saturated heterocycles. The van der Waals surface area contributed by atoms with Crippen LogP contribution in [0.1, 0.15) is 35.8 Å². The van der Waals surface area contributed by atoms with Crippen LogP contribution in [0, 0.1) is 0 Å². The number of anilines is 1. The maximum absolute atomic E-state index is 11.0. The fourth-order valence-electron chi connectivity index (χ4n) is 1.50. The van der Waals surface area contributed by atoms with E-state index in [1.165, 1.54) is 6.07 Å². The molecule has 6 nitrogen and oxygen atoms in total. The zero-order chi connectivity index (χ0) is 13.5. The summed E-state index contributed by atoms with van der Waals surface area (Å²) in [4.78, 5) is 25.8. The lowest BCUT2D eigenvalue weighted by Crippen LogP contribution is -2.16. The van der Waals surface area contributed by atoms with Gasteiger partial charge in [-0.05, 0) is 18.6 Å². The molecule has 0 fully saturated rings. The molecule has 0 saturated carbocycles. The highest BCUT2D eigenvalue weighted by atomic mass is 16.4. The fraction of sp³-hybridized carbons (Fsp3) is 0.417. The average molecular weight is 251 g/mol. The summed E-state index contributed by atoms with van der Waals surface area (Å²) in [5.41, 5.74) is 5.93. The normalized spacial score (nSPS) is 10.1. The van der Waals surface area contributed by atoms with E-state index in [0.717, 1.165) is 12.1 Å². The number of carbonyl (C=O) groups excluding carboxylic acids is 1. The van der Waals surface area contributed by atoms with Gasteiger partial charge in [-0.1, -0.05) is 13.3 Å². The number of primary amides is 1. The fourth-order valence-corrected chi connectivity index (χ4v) is 1.50. The van der Waals surface area contributed by atoms with Crippen LogP contribution in [0.2, 0.25) is 0 Å². The Morgan fingerprint density at radius 2 is 2.17 bits per heavy atom. The first kappa shape index (κ1) is 14.0. The third kappa shape index (κ3) is 4.40. The lowest BCUT2D eigenvalue weighted by molar-refractivity contribution is -0.117. The minimum Gasteiger partial charge on any atom is -0.478 e. The second kappa shape index (κ2) is 6.58. The monoisotopic (exact) mass is 251 g/mol. The Morgan fingerprint density at radius 1 is 1.44 bits per heavy atom. The molecule has 18 heavy (non-hydrogen) atoms. The van der Waals surface area contributed by atoms with Crippen molar-refractivity contribution in [3.8, 4) is 0 Å². The molecule has 0 radical (unpaired) electrons. The van der Waals surface area contributed by atoms with E-state index in [1.54, 1.807) is 6.07 Å². The zero-order valence-electron chi connectivity index (χ0n) is 10.3. The van der Waals surface area contributed by atoms with Gasteiger partial charge in [-0.2, -0.15) is 0 Å². The number of rotatable bonds is 7. The van der Waals surface area contributed by atoms with Gasteiger partial charge < -0.3 is 16.2 Å². The topological polar surface area (TPSA) is 105 Å². The summed E-state index contributed by atoms with van der Waals surface area (Å²) in [7, 11) is 0. The number of hydrogen-bond acceptors (Lipinski definition) is 4. The van der Waals surface area contributed by atoms with Crippen LogP contribution in [0.5, 0.6) is 0 Å². The first-order valence-electron chi connectivity index (χ1n) is 5.79. The SMILES string of the molecule is CCCc1cc(C(=O)O)cc(NCCC(N)=O)n1. The van der Waals surface area contributed by atoms with Crippen LogP contribution in [-0.2, 0) is 11.2 Å². The smallest absolute Gasteiger partial charge is 0.335 e. The van der Waals surface area contributed by atoms with Crippen molar-refractivity contribution in [1.29, 1.82) is 0 Å². The van der Waals surface area contributed by atoms with Gasteiger partial charge >= 0.3 is 5.97 Å². The largest absolute Gasteiger partial charge is 0.478 e. The maximum atomic E-state index is 11.0. The minimum atomic E-state index is -0.993. The highest BCUT2D eigenvalue weighted by Gasteiger charge is 2.08. The van der Waals surface area contributed by atoms with Gasteiger partial charge in [0.15, 0.2) is 0 Å². The van der Waals surface area contributed by atoms with E-state index in [0.29, 0.717) is 18.8 Å². The Balaban J connectivity index is 2.82. The Bertz CT molecular complexity index is 446. The van der Waals surface area contributed by atoms with Gasteiger partial charge in [0.25, 0.3) is 0 Å². The predicted octanol–water partition coefficient (Wildman–Crippen LogP) is 1.02. The van der Waals surface area contributed by atoms with E-state index < -0.39 is 11.9 Å². The number of hydrogen-bond donors (Lipinski definition) is 3. The summed E-state index contributed by atoms with van der Waals surface area (Å²) >= 11 is 0. The quantitative estimate of drug-likeness (QED) is 0.671. The van der Waals surface area contributed by atoms with Gasteiger partial charge in [0.2, 0.25) is 5.91 Å². The van der Waals surface area contributed by atoms with Gasteiger partial charge in [0.05, 0.1) is 5.56 Å². The van der Waals surface area contributed by atoms with Crippen molar-refractivity contribution in [3.05, 3.63) is 23.4 Å². The summed E-state index contributed by atoms with van der Waals surface area (Å²) in [6.07, 6.45) is 1.78. The predicted molar refractivity (Wildman–Crippen MR) is 67.5 cm³/mol. The number of carbonyl (C=O) groups is 2. The molecular formula is C12H17N3O3. The second-order valence-corrected chi connectivity index (χ2v) is 3.93. The number of amides is 1. The van der Waals surface area contributed by atoms with Crippen LogP contribution in [0.3, 0.4) is 0 Å². The van der Waals surface area contributed by atoms with Crippen LogP contribution in [0.4, 0.5) is 5.82 Å². The summed E-state index contributed by atoms with van der Waals surface area (Å²) in [6, 6.07) is 3.01. The molecule has 1 aromatic rings. The molecule has 0 bridgehead atoms. The van der Waals surface area contributed by atoms with E-state index in [4.69, 9.17) is 10.8 Å². The first-order valence-corrected chi connectivity index (χ1v) is 5.79. The van der Waals surface area contributed by atoms with Gasteiger partial charge in [-0.15, -0.1) is 0 Å². The summed E-state index contributed by atoms with van der Waals surface area (Å²) < 4.78 is 0. The maximum Gasteiger partial charge on any atom is 0.335 e. The number of carboxylic acids is 1. The number of nitrogens with two attached hydrogens (primary N) is 1. The lowest BCUT2D eigenvalue weighted by atomic mass is 10.1. The van der Waals surface area contributed by atoms with Crippen LogP contribution >= 0.6 is 0 Å². The molecular weight excluding hydrogens is 234 g/mol. The number of aromatic carboxylic acids is 1.